The van der Waals surface area contributed by atoms with Crippen LogP contribution in [0.25, 0.3) is 0 Å². The van der Waals surface area contributed by atoms with Crippen LogP contribution in [-0.4, -0.2) is 18.4 Å². The average molecular weight is 471 g/mol. The zero-order valence-electron chi connectivity index (χ0n) is 15.4. The van der Waals surface area contributed by atoms with E-state index >= 15 is 0 Å². The van der Waals surface area contributed by atoms with Crippen molar-refractivity contribution in [2.45, 2.75) is 21.7 Å². The van der Waals surface area contributed by atoms with E-state index in [1.807, 2.05) is 0 Å². The van der Waals surface area contributed by atoms with Gasteiger partial charge in [-0.2, -0.15) is 0 Å². The van der Waals surface area contributed by atoms with Crippen LogP contribution in [-0.2, 0) is 11.8 Å². The molecule has 0 aliphatic carbocycles. The molecule has 0 spiro atoms. The van der Waals surface area contributed by atoms with Gasteiger partial charge in [-0.15, -0.1) is 0 Å². The van der Waals surface area contributed by atoms with Gasteiger partial charge in [0.2, 0.25) is 0 Å². The summed E-state index contributed by atoms with van der Waals surface area (Å²) in [7, 11) is 0. The van der Waals surface area contributed by atoms with Crippen molar-refractivity contribution in [3.8, 4) is 0 Å². The summed E-state index contributed by atoms with van der Waals surface area (Å²) >= 11 is 4.22. The molecule has 0 bridgehead atoms. The Labute approximate surface area is 161 Å². The molecule has 3 heteroatoms. The van der Waals surface area contributed by atoms with Crippen LogP contribution in [0.5, 0.6) is 0 Å². The summed E-state index contributed by atoms with van der Waals surface area (Å²) < 4.78 is 1.57. The van der Waals surface area contributed by atoms with Crippen molar-refractivity contribution >= 4 is 55.7 Å². The van der Waals surface area contributed by atoms with E-state index in [0.29, 0.717) is 0 Å². The first-order chi connectivity index (χ1) is 11.8. The molecule has 0 fully saturated rings. The minimum atomic E-state index is -2.33. The molecule has 0 nitrogen and oxygen atoms in total. The molecule has 0 aliphatic rings. The van der Waals surface area contributed by atoms with Gasteiger partial charge in [0, 0.05) is 0 Å². The van der Waals surface area contributed by atoms with Crippen molar-refractivity contribution in [3.05, 3.63) is 84.4 Å². The molecule has 3 aromatic carbocycles. The fourth-order valence-electron chi connectivity index (χ4n) is 3.23. The maximum atomic E-state index is 6.55. The van der Waals surface area contributed by atoms with Crippen LogP contribution in [0.4, 0.5) is 0 Å². The van der Waals surface area contributed by atoms with E-state index in [4.69, 9.17) is 11.8 Å². The summed E-state index contributed by atoms with van der Waals surface area (Å²) in [5, 5.41) is 3.99. The zero-order chi connectivity index (χ0) is 18.1. The normalized spacial score (nSPS) is 12.2. The number of aryl methyl sites for hydroxylation is 1. The van der Waals surface area contributed by atoms with Gasteiger partial charge in [-0.05, 0) is 0 Å². The second-order valence-corrected chi connectivity index (χ2v) is 26.3. The molecular formula is C22H25PSSn. The molecule has 0 aromatic heterocycles. The topological polar surface area (TPSA) is 0 Å². The van der Waals surface area contributed by atoms with Crippen molar-refractivity contribution < 1.29 is 0 Å². The van der Waals surface area contributed by atoms with Gasteiger partial charge in [0.1, 0.15) is 0 Å². The maximum absolute atomic E-state index is 6.55. The molecule has 128 valence electrons. The predicted molar refractivity (Wildman–Crippen MR) is 120 cm³/mol. The Hall–Kier alpha value is -0.891. The van der Waals surface area contributed by atoms with Crippen molar-refractivity contribution in [3.63, 3.8) is 0 Å². The van der Waals surface area contributed by atoms with Crippen LogP contribution >= 0.6 is 6.04 Å². The average Bonchev–Trinajstić information content (AvgIpc) is 2.62. The third kappa shape index (κ3) is 3.79. The SMILES string of the molecule is Cc1ccc(P(=S)(c2ccccc2)c2ccccc2)[c]([Sn]([CH3])([CH3])[CH3])c1. The molecule has 0 N–H and O–H groups in total. The summed E-state index contributed by atoms with van der Waals surface area (Å²) in [5.74, 6) is 0. The molecular weight excluding hydrogens is 446 g/mol. The third-order valence-corrected chi connectivity index (χ3v) is 15.9. The Balaban J connectivity index is 2.38. The molecule has 0 aliphatic heterocycles. The Morgan fingerprint density at radius 2 is 1.20 bits per heavy atom. The van der Waals surface area contributed by atoms with Gasteiger partial charge in [-0.25, -0.2) is 0 Å². The number of hydrogen-bond donors (Lipinski definition) is 0. The fourth-order valence-corrected chi connectivity index (χ4v) is 15.9. The van der Waals surface area contributed by atoms with Gasteiger partial charge in [0.15, 0.2) is 0 Å². The second-order valence-electron chi connectivity index (χ2n) is 7.55. The molecule has 3 aromatic rings. The summed E-state index contributed by atoms with van der Waals surface area (Å²) in [6.07, 6.45) is 0. The molecule has 0 unspecified atom stereocenters. The summed E-state index contributed by atoms with van der Waals surface area (Å²) in [6, 6.07) is 26.4. The van der Waals surface area contributed by atoms with Gasteiger partial charge in [0.05, 0.1) is 0 Å². The van der Waals surface area contributed by atoms with E-state index in [-0.39, 0.29) is 0 Å². The molecule has 0 atom stereocenters. The van der Waals surface area contributed by atoms with Crippen LogP contribution in [0, 0.1) is 6.92 Å². The molecule has 0 heterocycles. The van der Waals surface area contributed by atoms with Gasteiger partial charge in [0.25, 0.3) is 0 Å². The number of benzene rings is 3. The van der Waals surface area contributed by atoms with Gasteiger partial charge in [-0.1, -0.05) is 0 Å². The molecule has 0 saturated carbocycles. The quantitative estimate of drug-likeness (QED) is 0.404. The minimum absolute atomic E-state index is 1.29. The van der Waals surface area contributed by atoms with E-state index in [1.54, 1.807) is 3.58 Å². The Morgan fingerprint density at radius 3 is 1.64 bits per heavy atom. The van der Waals surface area contributed by atoms with Crippen molar-refractivity contribution in [2.75, 3.05) is 0 Å². The van der Waals surface area contributed by atoms with Gasteiger partial charge >= 0.3 is 162 Å². The molecule has 0 amide bonds. The number of rotatable bonds is 4. The Morgan fingerprint density at radius 1 is 0.720 bits per heavy atom. The van der Waals surface area contributed by atoms with E-state index in [2.05, 4.69) is 101 Å². The fraction of sp³-hybridized carbons (Fsp3) is 0.182. The van der Waals surface area contributed by atoms with Crippen molar-refractivity contribution in [1.29, 1.82) is 0 Å². The monoisotopic (exact) mass is 472 g/mol. The third-order valence-electron chi connectivity index (χ3n) is 4.54. The molecule has 25 heavy (non-hydrogen) atoms. The summed E-state index contributed by atoms with van der Waals surface area (Å²) in [4.78, 5) is 7.47. The van der Waals surface area contributed by atoms with Crippen molar-refractivity contribution in [2.24, 2.45) is 0 Å². The molecule has 0 radical (unpaired) electrons. The molecule has 0 saturated heterocycles. The zero-order valence-corrected chi connectivity index (χ0v) is 19.9. The first-order valence-corrected chi connectivity index (χ1v) is 21.5. The predicted octanol–water partition coefficient (Wildman–Crippen LogP) is 4.30. The van der Waals surface area contributed by atoms with Crippen LogP contribution < -0.4 is 19.5 Å². The van der Waals surface area contributed by atoms with Gasteiger partial charge < -0.3 is 0 Å². The number of hydrogen-bond acceptors (Lipinski definition) is 1. The van der Waals surface area contributed by atoms with Crippen molar-refractivity contribution in [1.82, 2.24) is 0 Å². The van der Waals surface area contributed by atoms with E-state index in [1.165, 1.54) is 21.5 Å². The summed E-state index contributed by atoms with van der Waals surface area (Å²) in [5.41, 5.74) is 1.34. The van der Waals surface area contributed by atoms with E-state index in [9.17, 15) is 0 Å². The van der Waals surface area contributed by atoms with Gasteiger partial charge in [-0.3, -0.25) is 0 Å². The second kappa shape index (κ2) is 7.39. The Kier molecular flexibility index (Phi) is 5.58. The van der Waals surface area contributed by atoms with E-state index in [0.717, 1.165) is 0 Å². The van der Waals surface area contributed by atoms with Crippen LogP contribution in [0.1, 0.15) is 5.56 Å². The first-order valence-electron chi connectivity index (χ1n) is 8.66. The van der Waals surface area contributed by atoms with E-state index < -0.39 is 24.4 Å². The standard InChI is InChI=1S/C19H16PS.3CH3.Sn/c1-16-12-14-19(15-13-16)20(21,17-8-4-2-5-9-17)18-10-6-3-7-11-18;;;;/h2-14H,1H3;3*1H3;. The van der Waals surface area contributed by atoms with Crippen LogP contribution in [0.3, 0.4) is 0 Å². The van der Waals surface area contributed by atoms with Crippen LogP contribution in [0.2, 0.25) is 14.8 Å². The first kappa shape index (κ1) is 18.9. The van der Waals surface area contributed by atoms with Crippen LogP contribution in [0.15, 0.2) is 78.9 Å². The Bertz CT molecular complexity index is 868. The summed E-state index contributed by atoms with van der Waals surface area (Å²) in [6.45, 7) is 2.19. The molecule has 3 rings (SSSR count).